The molecule has 2 aliphatic rings. The van der Waals surface area contributed by atoms with E-state index in [0.29, 0.717) is 11.3 Å². The number of hydrogen-bond donors (Lipinski definition) is 1. The Balaban J connectivity index is 1.47. The van der Waals surface area contributed by atoms with E-state index in [1.165, 1.54) is 17.0 Å². The first kappa shape index (κ1) is 20.5. The first-order valence-electron chi connectivity index (χ1n) is 9.61. The molecule has 0 spiro atoms. The summed E-state index contributed by atoms with van der Waals surface area (Å²) in [5.41, 5.74) is -0.167. The zero-order chi connectivity index (χ0) is 21.5. The fourth-order valence-corrected chi connectivity index (χ4v) is 5.36. The SMILES string of the molecule is CN1C(=O)Cc2cc(S(=O)(=O)N3CCC(F)(C(=O)NCc4ccccc4)C3)ccc21. The van der Waals surface area contributed by atoms with Gasteiger partial charge in [0, 0.05) is 32.2 Å². The van der Waals surface area contributed by atoms with Crippen molar-refractivity contribution in [2.45, 2.75) is 30.0 Å². The number of fused-ring (bicyclic) bond motifs is 1. The molecular weight excluding hydrogens is 409 g/mol. The number of nitrogens with zero attached hydrogens (tertiary/aromatic N) is 2. The van der Waals surface area contributed by atoms with Gasteiger partial charge in [-0.2, -0.15) is 4.31 Å². The van der Waals surface area contributed by atoms with Gasteiger partial charge in [0.1, 0.15) is 0 Å². The van der Waals surface area contributed by atoms with Gasteiger partial charge in [0.05, 0.1) is 17.9 Å². The van der Waals surface area contributed by atoms with Crippen LogP contribution < -0.4 is 10.2 Å². The zero-order valence-corrected chi connectivity index (χ0v) is 17.3. The summed E-state index contributed by atoms with van der Waals surface area (Å²) in [4.78, 5) is 25.7. The van der Waals surface area contributed by atoms with Gasteiger partial charge in [-0.1, -0.05) is 30.3 Å². The summed E-state index contributed by atoms with van der Waals surface area (Å²) in [7, 11) is -2.35. The van der Waals surface area contributed by atoms with Crippen LogP contribution in [0.25, 0.3) is 0 Å². The van der Waals surface area contributed by atoms with Crippen molar-refractivity contribution >= 4 is 27.5 Å². The lowest BCUT2D eigenvalue weighted by molar-refractivity contribution is -0.132. The third kappa shape index (κ3) is 3.59. The van der Waals surface area contributed by atoms with Gasteiger partial charge >= 0.3 is 0 Å². The van der Waals surface area contributed by atoms with Crippen molar-refractivity contribution in [3.8, 4) is 0 Å². The molecule has 1 fully saturated rings. The number of rotatable bonds is 5. The number of benzene rings is 2. The maximum atomic E-state index is 15.3. The Hall–Kier alpha value is -2.78. The standard InChI is InChI=1S/C21H22FN3O4S/c1-24-18-8-7-17(11-16(18)12-19(24)26)30(28,29)25-10-9-21(22,14-25)20(27)23-13-15-5-3-2-4-6-15/h2-8,11H,9-10,12-14H2,1H3,(H,23,27). The minimum Gasteiger partial charge on any atom is -0.349 e. The Morgan fingerprint density at radius 1 is 1.20 bits per heavy atom. The van der Waals surface area contributed by atoms with E-state index < -0.39 is 28.1 Å². The molecule has 0 radical (unpaired) electrons. The summed E-state index contributed by atoms with van der Waals surface area (Å²) in [5.74, 6) is -0.927. The summed E-state index contributed by atoms with van der Waals surface area (Å²) in [6.07, 6.45) is -0.0802. The van der Waals surface area contributed by atoms with Gasteiger partial charge in [0.25, 0.3) is 5.91 Å². The van der Waals surface area contributed by atoms with E-state index in [1.54, 1.807) is 13.1 Å². The number of alkyl halides is 1. The maximum absolute atomic E-state index is 15.3. The first-order chi connectivity index (χ1) is 14.2. The monoisotopic (exact) mass is 431 g/mol. The molecule has 2 aromatic rings. The van der Waals surface area contributed by atoms with Crippen LogP contribution in [0.2, 0.25) is 0 Å². The van der Waals surface area contributed by atoms with Gasteiger partial charge < -0.3 is 10.2 Å². The smallest absolute Gasteiger partial charge is 0.259 e. The highest BCUT2D eigenvalue weighted by atomic mass is 32.2. The predicted molar refractivity (Wildman–Crippen MR) is 109 cm³/mol. The van der Waals surface area contributed by atoms with Crippen molar-refractivity contribution in [2.75, 3.05) is 25.0 Å². The van der Waals surface area contributed by atoms with E-state index in [0.717, 1.165) is 9.87 Å². The van der Waals surface area contributed by atoms with Gasteiger partial charge in [-0.05, 0) is 29.3 Å². The van der Waals surface area contributed by atoms with Crippen LogP contribution in [-0.2, 0) is 32.6 Å². The Labute approximate surface area is 174 Å². The third-order valence-electron chi connectivity index (χ3n) is 5.65. The van der Waals surface area contributed by atoms with E-state index in [1.807, 2.05) is 30.3 Å². The highest BCUT2D eigenvalue weighted by Crippen LogP contribution is 2.34. The average Bonchev–Trinajstić information content (AvgIpc) is 3.28. The van der Waals surface area contributed by atoms with Gasteiger partial charge in [-0.15, -0.1) is 0 Å². The molecule has 158 valence electrons. The number of hydrogen-bond acceptors (Lipinski definition) is 4. The molecule has 2 amide bonds. The summed E-state index contributed by atoms with van der Waals surface area (Å²) in [5, 5.41) is 2.56. The molecule has 2 heterocycles. The van der Waals surface area contributed by atoms with Crippen LogP contribution in [0.3, 0.4) is 0 Å². The third-order valence-corrected chi connectivity index (χ3v) is 7.49. The Bertz CT molecular complexity index is 1110. The molecule has 0 aromatic heterocycles. The molecule has 0 bridgehead atoms. The van der Waals surface area contributed by atoms with Gasteiger partial charge in [-0.25, -0.2) is 12.8 Å². The lowest BCUT2D eigenvalue weighted by Gasteiger charge is -2.21. The second kappa shape index (κ2) is 7.48. The van der Waals surface area contributed by atoms with E-state index in [9.17, 15) is 18.0 Å². The van der Waals surface area contributed by atoms with Crippen LogP contribution in [-0.4, -0.2) is 50.3 Å². The average molecular weight is 431 g/mol. The van der Waals surface area contributed by atoms with Gasteiger partial charge in [0.2, 0.25) is 21.6 Å². The van der Waals surface area contributed by atoms with Crippen molar-refractivity contribution in [1.29, 1.82) is 0 Å². The summed E-state index contributed by atoms with van der Waals surface area (Å²) >= 11 is 0. The second-order valence-electron chi connectivity index (χ2n) is 7.64. The highest BCUT2D eigenvalue weighted by molar-refractivity contribution is 7.89. The fraction of sp³-hybridized carbons (Fsp3) is 0.333. The highest BCUT2D eigenvalue weighted by Gasteiger charge is 2.49. The molecule has 4 rings (SSSR count). The normalized spacial score (nSPS) is 21.7. The number of carbonyl (C=O) groups excluding carboxylic acids is 2. The molecule has 2 aromatic carbocycles. The van der Waals surface area contributed by atoms with E-state index in [2.05, 4.69) is 5.32 Å². The van der Waals surface area contributed by atoms with Crippen LogP contribution in [0.15, 0.2) is 53.4 Å². The number of nitrogens with one attached hydrogen (secondary N) is 1. The Morgan fingerprint density at radius 2 is 1.93 bits per heavy atom. The lowest BCUT2D eigenvalue weighted by Crippen LogP contribution is -2.45. The van der Waals surface area contributed by atoms with Crippen molar-refractivity contribution in [3.05, 3.63) is 59.7 Å². The number of halogens is 1. The molecule has 1 saturated heterocycles. The van der Waals surface area contributed by atoms with Crippen LogP contribution in [0, 0.1) is 0 Å². The van der Waals surface area contributed by atoms with Crippen molar-refractivity contribution in [2.24, 2.45) is 0 Å². The van der Waals surface area contributed by atoms with Crippen molar-refractivity contribution in [3.63, 3.8) is 0 Å². The number of likely N-dealkylation sites (N-methyl/N-ethyl adjacent to an activating group) is 1. The Kier molecular flexibility index (Phi) is 5.11. The number of amides is 2. The quantitative estimate of drug-likeness (QED) is 0.780. The first-order valence-corrected chi connectivity index (χ1v) is 11.1. The topological polar surface area (TPSA) is 86.8 Å². The molecule has 0 aliphatic carbocycles. The van der Waals surface area contributed by atoms with Crippen molar-refractivity contribution < 1.29 is 22.4 Å². The van der Waals surface area contributed by atoms with Gasteiger partial charge in [0.15, 0.2) is 0 Å². The van der Waals surface area contributed by atoms with Gasteiger partial charge in [-0.3, -0.25) is 9.59 Å². The van der Waals surface area contributed by atoms with Crippen LogP contribution >= 0.6 is 0 Å². The molecule has 1 N–H and O–H groups in total. The van der Waals surface area contributed by atoms with E-state index in [-0.39, 0.29) is 36.7 Å². The van der Waals surface area contributed by atoms with Crippen molar-refractivity contribution in [1.82, 2.24) is 9.62 Å². The number of sulfonamides is 1. The van der Waals surface area contributed by atoms with E-state index >= 15 is 4.39 Å². The van der Waals surface area contributed by atoms with Crippen LogP contribution in [0.4, 0.5) is 10.1 Å². The van der Waals surface area contributed by atoms with Crippen LogP contribution in [0.1, 0.15) is 17.5 Å². The minimum absolute atomic E-state index is 0.00158. The molecular formula is C21H22FN3O4S. The molecule has 7 nitrogen and oxygen atoms in total. The molecule has 9 heteroatoms. The summed E-state index contributed by atoms with van der Waals surface area (Å²) in [6, 6.07) is 13.6. The summed E-state index contributed by atoms with van der Waals surface area (Å²) in [6.45, 7) is -0.455. The molecule has 0 saturated carbocycles. The molecule has 1 atom stereocenters. The minimum atomic E-state index is -3.98. The zero-order valence-electron chi connectivity index (χ0n) is 16.5. The summed E-state index contributed by atoms with van der Waals surface area (Å²) < 4.78 is 42.3. The molecule has 2 aliphatic heterocycles. The fourth-order valence-electron chi connectivity index (χ4n) is 3.82. The molecule has 30 heavy (non-hydrogen) atoms. The maximum Gasteiger partial charge on any atom is 0.259 e. The predicted octanol–water partition coefficient (Wildman–Crippen LogP) is 1.62. The van der Waals surface area contributed by atoms with Crippen LogP contribution in [0.5, 0.6) is 0 Å². The van der Waals surface area contributed by atoms with E-state index in [4.69, 9.17) is 0 Å². The largest absolute Gasteiger partial charge is 0.349 e. The lowest BCUT2D eigenvalue weighted by atomic mass is 10.0. The number of anilines is 1. The Morgan fingerprint density at radius 3 is 2.67 bits per heavy atom. The molecule has 1 unspecified atom stereocenters. The number of carbonyl (C=O) groups is 2. The second-order valence-corrected chi connectivity index (χ2v) is 9.58.